The van der Waals surface area contributed by atoms with Crippen molar-refractivity contribution in [2.45, 2.75) is 28.9 Å². The van der Waals surface area contributed by atoms with Crippen LogP contribution in [0.25, 0.3) is 0 Å². The maximum atomic E-state index is 12.8. The summed E-state index contributed by atoms with van der Waals surface area (Å²) >= 11 is 1.32. The monoisotopic (exact) mass is 449 g/mol. The van der Waals surface area contributed by atoms with Gasteiger partial charge in [-0.25, -0.2) is 8.42 Å². The van der Waals surface area contributed by atoms with Crippen LogP contribution in [0.1, 0.15) is 12.5 Å². The van der Waals surface area contributed by atoms with Crippen LogP contribution in [-0.2, 0) is 14.8 Å². The van der Waals surface area contributed by atoms with E-state index in [1.807, 2.05) is 6.92 Å². The summed E-state index contributed by atoms with van der Waals surface area (Å²) < 4.78 is 27.0. The standard InChI is InChI=1S/C20H23N3O5S2/c1-15-3-9-19(10-4-15)30(27,28)22-13-11-21(12-14-22)20(24)16(2)29-18-7-5-17(6-8-18)23(25)26/h3-10,16H,11-14H2,1-2H3. The lowest BCUT2D eigenvalue weighted by Crippen LogP contribution is -2.52. The number of benzene rings is 2. The second kappa shape index (κ2) is 9.15. The number of hydrogen-bond acceptors (Lipinski definition) is 6. The van der Waals surface area contributed by atoms with E-state index < -0.39 is 14.9 Å². The zero-order valence-corrected chi connectivity index (χ0v) is 18.4. The van der Waals surface area contributed by atoms with E-state index in [1.165, 1.54) is 28.2 Å². The van der Waals surface area contributed by atoms with Gasteiger partial charge in [0.1, 0.15) is 0 Å². The Morgan fingerprint density at radius 3 is 2.13 bits per heavy atom. The fourth-order valence-corrected chi connectivity index (χ4v) is 5.54. The first kappa shape index (κ1) is 22.3. The molecule has 0 saturated carbocycles. The lowest BCUT2D eigenvalue weighted by Gasteiger charge is -2.35. The molecule has 8 nitrogen and oxygen atoms in total. The van der Waals surface area contributed by atoms with Crippen molar-refractivity contribution in [1.29, 1.82) is 0 Å². The first-order chi connectivity index (χ1) is 14.2. The Morgan fingerprint density at radius 2 is 1.60 bits per heavy atom. The van der Waals surface area contributed by atoms with Crippen LogP contribution in [0.4, 0.5) is 5.69 Å². The summed E-state index contributed by atoms with van der Waals surface area (Å²) in [5, 5.41) is 10.4. The van der Waals surface area contributed by atoms with Crippen molar-refractivity contribution < 1.29 is 18.1 Å². The first-order valence-corrected chi connectivity index (χ1v) is 11.8. The lowest BCUT2D eigenvalue weighted by atomic mass is 10.2. The number of aryl methyl sites for hydroxylation is 1. The van der Waals surface area contributed by atoms with E-state index >= 15 is 0 Å². The average molecular weight is 450 g/mol. The maximum Gasteiger partial charge on any atom is 0.269 e. The number of nitro benzene ring substituents is 1. The average Bonchev–Trinajstić information content (AvgIpc) is 2.74. The summed E-state index contributed by atoms with van der Waals surface area (Å²) in [5.41, 5.74) is 0.994. The Morgan fingerprint density at radius 1 is 1.03 bits per heavy atom. The molecule has 0 aliphatic carbocycles. The van der Waals surface area contributed by atoms with Crippen LogP contribution < -0.4 is 0 Å². The molecule has 1 fully saturated rings. The number of non-ortho nitro benzene ring substituents is 1. The number of rotatable bonds is 6. The van der Waals surface area contributed by atoms with Gasteiger partial charge in [0.25, 0.3) is 5.69 Å². The molecule has 1 aliphatic rings. The number of carbonyl (C=O) groups is 1. The Bertz CT molecular complexity index is 1020. The van der Waals surface area contributed by atoms with Crippen LogP contribution in [0.5, 0.6) is 0 Å². The number of thioether (sulfide) groups is 1. The molecule has 1 unspecified atom stereocenters. The van der Waals surface area contributed by atoms with Gasteiger partial charge in [-0.2, -0.15) is 4.31 Å². The van der Waals surface area contributed by atoms with Crippen molar-refractivity contribution in [3.63, 3.8) is 0 Å². The minimum Gasteiger partial charge on any atom is -0.339 e. The van der Waals surface area contributed by atoms with Crippen LogP contribution >= 0.6 is 11.8 Å². The SMILES string of the molecule is Cc1ccc(S(=O)(=O)N2CCN(C(=O)C(C)Sc3ccc([N+](=O)[O-])cc3)CC2)cc1. The van der Waals surface area contributed by atoms with E-state index in [-0.39, 0.29) is 34.8 Å². The highest BCUT2D eigenvalue weighted by atomic mass is 32.2. The maximum absolute atomic E-state index is 12.8. The second-order valence-corrected chi connectivity index (χ2v) is 10.4. The first-order valence-electron chi connectivity index (χ1n) is 9.45. The molecule has 0 spiro atoms. The second-order valence-electron chi connectivity index (χ2n) is 7.05. The molecule has 0 aromatic heterocycles. The zero-order chi connectivity index (χ0) is 21.9. The summed E-state index contributed by atoms with van der Waals surface area (Å²) in [4.78, 5) is 25.7. The van der Waals surface area contributed by atoms with Gasteiger partial charge in [0.05, 0.1) is 15.1 Å². The zero-order valence-electron chi connectivity index (χ0n) is 16.7. The van der Waals surface area contributed by atoms with Crippen molar-refractivity contribution in [3.8, 4) is 0 Å². The minimum absolute atomic E-state index is 0.00392. The van der Waals surface area contributed by atoms with E-state index in [0.717, 1.165) is 10.5 Å². The molecule has 10 heteroatoms. The molecular formula is C20H23N3O5S2. The van der Waals surface area contributed by atoms with Gasteiger partial charge >= 0.3 is 0 Å². The van der Waals surface area contributed by atoms with Gasteiger partial charge in [-0.05, 0) is 38.1 Å². The normalized spacial score (nSPS) is 16.3. The fourth-order valence-electron chi connectivity index (χ4n) is 3.17. The molecule has 1 amide bonds. The topological polar surface area (TPSA) is 101 Å². The lowest BCUT2D eigenvalue weighted by molar-refractivity contribution is -0.384. The Labute approximate surface area is 180 Å². The molecule has 0 radical (unpaired) electrons. The van der Waals surface area contributed by atoms with Crippen LogP contribution in [0, 0.1) is 17.0 Å². The Kier molecular flexibility index (Phi) is 6.79. The number of sulfonamides is 1. The van der Waals surface area contributed by atoms with E-state index in [9.17, 15) is 23.3 Å². The van der Waals surface area contributed by atoms with Crippen LogP contribution in [0.3, 0.4) is 0 Å². The molecule has 0 bridgehead atoms. The van der Waals surface area contributed by atoms with Crippen LogP contribution in [-0.4, -0.2) is 59.9 Å². The molecular weight excluding hydrogens is 426 g/mol. The molecule has 0 N–H and O–H groups in total. The highest BCUT2D eigenvalue weighted by molar-refractivity contribution is 8.00. The molecule has 2 aromatic rings. The Hall–Kier alpha value is -2.43. The van der Waals surface area contributed by atoms with Gasteiger partial charge in [0, 0.05) is 43.2 Å². The molecule has 30 heavy (non-hydrogen) atoms. The molecule has 1 heterocycles. The fraction of sp³-hybridized carbons (Fsp3) is 0.350. The third kappa shape index (κ3) is 5.00. The predicted octanol–water partition coefficient (Wildman–Crippen LogP) is 2.92. The van der Waals surface area contributed by atoms with Gasteiger partial charge in [0.2, 0.25) is 15.9 Å². The van der Waals surface area contributed by atoms with E-state index in [1.54, 1.807) is 48.2 Å². The molecule has 1 saturated heterocycles. The number of amides is 1. The third-order valence-electron chi connectivity index (χ3n) is 4.92. The molecule has 1 atom stereocenters. The summed E-state index contributed by atoms with van der Waals surface area (Å²) in [5.74, 6) is -0.0780. The molecule has 3 rings (SSSR count). The summed E-state index contributed by atoms with van der Waals surface area (Å²) in [6, 6.07) is 12.8. The highest BCUT2D eigenvalue weighted by Crippen LogP contribution is 2.27. The van der Waals surface area contributed by atoms with Crippen molar-refractivity contribution in [2.75, 3.05) is 26.2 Å². The van der Waals surface area contributed by atoms with Crippen LogP contribution in [0.15, 0.2) is 58.3 Å². The van der Waals surface area contributed by atoms with Gasteiger partial charge in [-0.3, -0.25) is 14.9 Å². The predicted molar refractivity (Wildman–Crippen MR) is 115 cm³/mol. The van der Waals surface area contributed by atoms with Crippen molar-refractivity contribution in [1.82, 2.24) is 9.21 Å². The van der Waals surface area contributed by atoms with E-state index in [4.69, 9.17) is 0 Å². The number of nitro groups is 1. The van der Waals surface area contributed by atoms with Crippen molar-refractivity contribution >= 4 is 33.4 Å². The Balaban J connectivity index is 1.58. The smallest absolute Gasteiger partial charge is 0.269 e. The summed E-state index contributed by atoms with van der Waals surface area (Å²) in [7, 11) is -3.57. The summed E-state index contributed by atoms with van der Waals surface area (Å²) in [6.45, 7) is 4.83. The van der Waals surface area contributed by atoms with Crippen molar-refractivity contribution in [3.05, 3.63) is 64.2 Å². The molecule has 1 aliphatic heterocycles. The number of hydrogen-bond donors (Lipinski definition) is 0. The van der Waals surface area contributed by atoms with Gasteiger partial charge in [0.15, 0.2) is 0 Å². The quantitative estimate of drug-likeness (QED) is 0.382. The largest absolute Gasteiger partial charge is 0.339 e. The van der Waals surface area contributed by atoms with Crippen molar-refractivity contribution in [2.24, 2.45) is 0 Å². The van der Waals surface area contributed by atoms with Gasteiger partial charge in [-0.1, -0.05) is 17.7 Å². The highest BCUT2D eigenvalue weighted by Gasteiger charge is 2.31. The molecule has 160 valence electrons. The van der Waals surface area contributed by atoms with Gasteiger partial charge in [-0.15, -0.1) is 11.8 Å². The summed E-state index contributed by atoms with van der Waals surface area (Å²) in [6.07, 6.45) is 0. The minimum atomic E-state index is -3.57. The van der Waals surface area contributed by atoms with Gasteiger partial charge < -0.3 is 4.90 Å². The number of nitrogens with zero attached hydrogens (tertiary/aromatic N) is 3. The molecule has 2 aromatic carbocycles. The third-order valence-corrected chi connectivity index (χ3v) is 7.93. The number of carbonyl (C=O) groups excluding carboxylic acids is 1. The van der Waals surface area contributed by atoms with E-state index in [0.29, 0.717) is 13.1 Å². The van der Waals surface area contributed by atoms with Crippen LogP contribution in [0.2, 0.25) is 0 Å². The number of piperazine rings is 1. The van der Waals surface area contributed by atoms with E-state index in [2.05, 4.69) is 0 Å².